The molecule has 1 saturated heterocycles. The zero-order valence-electron chi connectivity index (χ0n) is 27.4. The first kappa shape index (κ1) is 33.6. The Balaban J connectivity index is 0.000000176. The number of ether oxygens (including phenoxy) is 1. The molecule has 0 amide bonds. The molecule has 8 rings (SSSR count). The maximum Gasteiger partial charge on any atom is 0.0944 e. The molecule has 50 heavy (non-hydrogen) atoms. The van der Waals surface area contributed by atoms with Crippen molar-refractivity contribution in [3.8, 4) is 22.8 Å². The summed E-state index contributed by atoms with van der Waals surface area (Å²) in [6.07, 6.45) is 7.24. The van der Waals surface area contributed by atoms with Crippen molar-refractivity contribution in [2.24, 2.45) is 0 Å². The third-order valence-corrected chi connectivity index (χ3v) is 9.62. The van der Waals surface area contributed by atoms with E-state index in [4.69, 9.17) is 44.5 Å². The lowest BCUT2D eigenvalue weighted by molar-refractivity contribution is 0.122. The molecular weight excluding hydrogens is 689 g/mol. The Morgan fingerprint density at radius 1 is 0.680 bits per heavy atom. The fourth-order valence-electron chi connectivity index (χ4n) is 5.95. The molecule has 7 aromatic rings. The van der Waals surface area contributed by atoms with Crippen molar-refractivity contribution in [2.45, 2.75) is 13.8 Å². The SMILES string of the molecule is Cc1c(-c2ccccn2)nc2c(Cl)cccc2c1Cl.Cc1c(-c2ccccn2)nc2c(Cl)cccc2c1Nc1cncc(N2CCOCC2)c1. The average Bonchev–Trinajstić information content (AvgIpc) is 3.16. The van der Waals surface area contributed by atoms with E-state index >= 15 is 0 Å². The summed E-state index contributed by atoms with van der Waals surface area (Å²) in [5, 5.41) is 7.29. The van der Waals surface area contributed by atoms with E-state index in [0.29, 0.717) is 20.6 Å². The number of anilines is 3. The van der Waals surface area contributed by atoms with Gasteiger partial charge in [0.25, 0.3) is 0 Å². The van der Waals surface area contributed by atoms with Gasteiger partial charge in [0, 0.05) is 41.8 Å². The van der Waals surface area contributed by atoms with Crippen molar-refractivity contribution < 1.29 is 4.74 Å². The summed E-state index contributed by atoms with van der Waals surface area (Å²) in [6.45, 7) is 7.19. The Labute approximate surface area is 305 Å². The number of nitrogens with one attached hydrogen (secondary N) is 1. The normalized spacial score (nSPS) is 12.9. The molecule has 1 fully saturated rings. The third kappa shape index (κ3) is 6.93. The number of nitrogens with zero attached hydrogens (tertiary/aromatic N) is 6. The Morgan fingerprint density at radius 2 is 1.28 bits per heavy atom. The van der Waals surface area contributed by atoms with Crippen LogP contribution < -0.4 is 10.2 Å². The number of benzene rings is 2. The molecule has 1 aliphatic heterocycles. The second kappa shape index (κ2) is 14.9. The third-order valence-electron chi connectivity index (χ3n) is 8.53. The van der Waals surface area contributed by atoms with Crippen molar-refractivity contribution in [3.05, 3.63) is 130 Å². The monoisotopic (exact) mass is 719 g/mol. The van der Waals surface area contributed by atoms with Crippen molar-refractivity contribution in [1.82, 2.24) is 24.9 Å². The predicted molar refractivity (Wildman–Crippen MR) is 205 cm³/mol. The highest BCUT2D eigenvalue weighted by molar-refractivity contribution is 6.40. The van der Waals surface area contributed by atoms with Crippen LogP contribution in [-0.4, -0.2) is 51.2 Å². The smallest absolute Gasteiger partial charge is 0.0944 e. The number of hydrogen-bond acceptors (Lipinski definition) is 8. The first-order valence-corrected chi connectivity index (χ1v) is 17.2. The minimum atomic E-state index is 0.594. The van der Waals surface area contributed by atoms with Gasteiger partial charge in [0.1, 0.15) is 0 Å². The fraction of sp³-hybridized carbons (Fsp3) is 0.154. The van der Waals surface area contributed by atoms with Gasteiger partial charge in [-0.3, -0.25) is 15.0 Å². The van der Waals surface area contributed by atoms with E-state index in [9.17, 15) is 0 Å². The second-order valence-corrected chi connectivity index (χ2v) is 12.9. The van der Waals surface area contributed by atoms with E-state index in [0.717, 1.165) is 93.6 Å². The molecule has 0 bridgehead atoms. The number of rotatable bonds is 5. The van der Waals surface area contributed by atoms with Gasteiger partial charge >= 0.3 is 0 Å². The number of halogens is 3. The lowest BCUT2D eigenvalue weighted by Crippen LogP contribution is -2.36. The minimum Gasteiger partial charge on any atom is -0.378 e. The Kier molecular flexibility index (Phi) is 10.1. The Morgan fingerprint density at radius 3 is 1.90 bits per heavy atom. The van der Waals surface area contributed by atoms with Crippen LogP contribution in [0.3, 0.4) is 0 Å². The zero-order valence-corrected chi connectivity index (χ0v) is 29.6. The largest absolute Gasteiger partial charge is 0.378 e. The van der Waals surface area contributed by atoms with Crippen LogP contribution in [-0.2, 0) is 4.74 Å². The molecule has 0 spiro atoms. The van der Waals surface area contributed by atoms with Gasteiger partial charge in [-0.25, -0.2) is 9.97 Å². The highest BCUT2D eigenvalue weighted by Crippen LogP contribution is 2.38. The first-order valence-electron chi connectivity index (χ1n) is 16.1. The quantitative estimate of drug-likeness (QED) is 0.188. The summed E-state index contributed by atoms with van der Waals surface area (Å²) >= 11 is 19.2. The number of morpholine rings is 1. The predicted octanol–water partition coefficient (Wildman–Crippen LogP) is 10.1. The summed E-state index contributed by atoms with van der Waals surface area (Å²) in [7, 11) is 0. The highest BCUT2D eigenvalue weighted by atomic mass is 35.5. The molecule has 0 atom stereocenters. The van der Waals surface area contributed by atoms with E-state index < -0.39 is 0 Å². The number of hydrogen-bond donors (Lipinski definition) is 1. The Bertz CT molecular complexity index is 2300. The topological polar surface area (TPSA) is 89.0 Å². The van der Waals surface area contributed by atoms with Crippen LogP contribution in [0.5, 0.6) is 0 Å². The van der Waals surface area contributed by atoms with Gasteiger partial charge in [0.2, 0.25) is 0 Å². The van der Waals surface area contributed by atoms with E-state index in [1.807, 2.05) is 92.1 Å². The maximum absolute atomic E-state index is 6.53. The summed E-state index contributed by atoms with van der Waals surface area (Å²) in [4.78, 5) is 25.1. The number of aromatic nitrogens is 5. The van der Waals surface area contributed by atoms with Crippen LogP contribution in [0.25, 0.3) is 44.6 Å². The van der Waals surface area contributed by atoms with Crippen molar-refractivity contribution in [1.29, 1.82) is 0 Å². The molecule has 0 radical (unpaired) electrons. The van der Waals surface area contributed by atoms with Gasteiger partial charge in [0.15, 0.2) is 0 Å². The van der Waals surface area contributed by atoms with Crippen LogP contribution in [0.15, 0.2) is 104 Å². The van der Waals surface area contributed by atoms with E-state index in [-0.39, 0.29) is 0 Å². The first-order chi connectivity index (χ1) is 24.4. The van der Waals surface area contributed by atoms with Crippen molar-refractivity contribution in [2.75, 3.05) is 36.5 Å². The highest BCUT2D eigenvalue weighted by Gasteiger charge is 2.18. The summed E-state index contributed by atoms with van der Waals surface area (Å²) < 4.78 is 5.47. The van der Waals surface area contributed by atoms with Gasteiger partial charge in [-0.2, -0.15) is 0 Å². The molecular formula is C39H32Cl3N7O. The van der Waals surface area contributed by atoms with Crippen LogP contribution in [0.2, 0.25) is 15.1 Å². The molecule has 1 N–H and O–H groups in total. The molecule has 0 unspecified atom stereocenters. The average molecular weight is 721 g/mol. The molecule has 0 aliphatic carbocycles. The van der Waals surface area contributed by atoms with E-state index in [2.05, 4.69) is 43.1 Å². The van der Waals surface area contributed by atoms with Crippen molar-refractivity contribution in [3.63, 3.8) is 0 Å². The van der Waals surface area contributed by atoms with Crippen LogP contribution in [0, 0.1) is 13.8 Å². The summed E-state index contributed by atoms with van der Waals surface area (Å²) in [5.41, 5.74) is 9.49. The van der Waals surface area contributed by atoms with Crippen molar-refractivity contribution >= 4 is 73.7 Å². The number of pyridine rings is 5. The molecule has 1 aliphatic rings. The minimum absolute atomic E-state index is 0.594. The van der Waals surface area contributed by atoms with E-state index in [1.165, 1.54) is 0 Å². The van der Waals surface area contributed by atoms with Crippen LogP contribution >= 0.6 is 34.8 Å². The molecule has 2 aromatic carbocycles. The maximum atomic E-state index is 6.53. The van der Waals surface area contributed by atoms with Crippen LogP contribution in [0.4, 0.5) is 17.1 Å². The molecule has 6 heterocycles. The van der Waals surface area contributed by atoms with Gasteiger partial charge in [-0.1, -0.05) is 71.2 Å². The fourth-order valence-corrected chi connectivity index (χ4v) is 6.63. The summed E-state index contributed by atoms with van der Waals surface area (Å²) in [5.74, 6) is 0. The summed E-state index contributed by atoms with van der Waals surface area (Å²) in [6, 6.07) is 25.1. The molecule has 0 saturated carbocycles. The zero-order chi connectivity index (χ0) is 34.6. The van der Waals surface area contributed by atoms with Gasteiger partial charge in [0.05, 0.1) is 91.5 Å². The van der Waals surface area contributed by atoms with Crippen LogP contribution in [0.1, 0.15) is 11.1 Å². The molecule has 11 heteroatoms. The Hall–Kier alpha value is -4.86. The number of para-hydroxylation sites is 2. The molecule has 250 valence electrons. The lowest BCUT2D eigenvalue weighted by atomic mass is 10.0. The number of fused-ring (bicyclic) bond motifs is 2. The lowest BCUT2D eigenvalue weighted by Gasteiger charge is -2.28. The van der Waals surface area contributed by atoms with Gasteiger partial charge in [-0.05, 0) is 61.9 Å². The van der Waals surface area contributed by atoms with Gasteiger partial charge in [-0.15, -0.1) is 0 Å². The molecule has 5 aromatic heterocycles. The standard InChI is InChI=1S/C24H22ClN5O.C15H10Cl2N2/c1-16-22(28-17-13-18(15-26-14-17)30-9-11-31-12-10-30)19-5-4-6-20(25)24(19)29-23(16)21-7-2-3-8-27-21;1-9-13(17)10-5-4-6-11(16)15(10)19-14(9)12-7-2-3-8-18-12/h2-8,13-15H,9-12H2,1H3,(H,28,29);2-8H,1H3. The molecule has 8 nitrogen and oxygen atoms in total. The second-order valence-electron chi connectivity index (χ2n) is 11.7. The van der Waals surface area contributed by atoms with E-state index in [1.54, 1.807) is 12.4 Å². The van der Waals surface area contributed by atoms with Gasteiger partial charge < -0.3 is 15.0 Å².